The highest BCUT2D eigenvalue weighted by atomic mass is 16.5. The first-order chi connectivity index (χ1) is 7.88. The van der Waals surface area contributed by atoms with Crippen molar-refractivity contribution in [3.05, 3.63) is 48.8 Å². The van der Waals surface area contributed by atoms with Gasteiger partial charge in [-0.2, -0.15) is 10.2 Å². The van der Waals surface area contributed by atoms with E-state index in [2.05, 4.69) is 15.2 Å². The van der Waals surface area contributed by atoms with Gasteiger partial charge in [-0.3, -0.25) is 4.98 Å². The van der Waals surface area contributed by atoms with Crippen molar-refractivity contribution in [1.29, 1.82) is 0 Å². The zero-order chi connectivity index (χ0) is 11.2. The molecular formula is C12H11N3O. The van der Waals surface area contributed by atoms with Gasteiger partial charge in [-0.15, -0.1) is 0 Å². The van der Waals surface area contributed by atoms with E-state index < -0.39 is 0 Å². The lowest BCUT2D eigenvalue weighted by atomic mass is 10.3. The molecule has 1 aromatic heterocycles. The molecule has 0 spiro atoms. The minimum absolute atomic E-state index is 0.783. The first-order valence-electron chi connectivity index (χ1n) is 4.84. The molecule has 0 saturated heterocycles. The summed E-state index contributed by atoms with van der Waals surface area (Å²) in [4.78, 5) is 3.90. The number of benzene rings is 1. The Morgan fingerprint density at radius 2 is 1.44 bits per heavy atom. The summed E-state index contributed by atoms with van der Waals surface area (Å²) in [5, 5.41) is 8.17. The second-order valence-electron chi connectivity index (χ2n) is 3.10. The Hall–Kier alpha value is -2.23. The quantitative estimate of drug-likeness (QED) is 0.732. The molecule has 0 fully saturated rings. The van der Waals surface area contributed by atoms with Gasteiger partial charge in [-0.1, -0.05) is 0 Å². The summed E-state index contributed by atoms with van der Waals surface area (Å²) >= 11 is 0. The Kier molecular flexibility index (Phi) is 3.23. The standard InChI is InChI=1S/C12H11N3O/c1-16-12-4-2-10(3-5-12)14-15-11-6-8-13-9-7-11/h2-9H,1H3. The zero-order valence-corrected chi connectivity index (χ0v) is 8.87. The van der Waals surface area contributed by atoms with Crippen molar-refractivity contribution in [1.82, 2.24) is 4.98 Å². The summed E-state index contributed by atoms with van der Waals surface area (Å²) in [6.45, 7) is 0. The molecule has 1 aromatic carbocycles. The molecule has 0 aliphatic carbocycles. The van der Waals surface area contributed by atoms with Crippen LogP contribution in [0.5, 0.6) is 5.75 Å². The Bertz CT molecular complexity index is 465. The van der Waals surface area contributed by atoms with Crippen LogP contribution in [-0.2, 0) is 0 Å². The average molecular weight is 213 g/mol. The Balaban J connectivity index is 2.12. The molecule has 0 saturated carbocycles. The van der Waals surface area contributed by atoms with E-state index in [0.29, 0.717) is 0 Å². The average Bonchev–Trinajstić information content (AvgIpc) is 2.38. The van der Waals surface area contributed by atoms with Crippen LogP contribution in [0, 0.1) is 0 Å². The summed E-state index contributed by atoms with van der Waals surface area (Å²) in [6.07, 6.45) is 3.37. The van der Waals surface area contributed by atoms with E-state index in [4.69, 9.17) is 4.74 Å². The maximum atomic E-state index is 5.05. The highest BCUT2D eigenvalue weighted by molar-refractivity contribution is 5.42. The Labute approximate surface area is 93.6 Å². The molecule has 2 aromatic rings. The number of rotatable bonds is 3. The van der Waals surface area contributed by atoms with Gasteiger partial charge in [0.25, 0.3) is 0 Å². The lowest BCUT2D eigenvalue weighted by molar-refractivity contribution is 0.415. The third-order valence-electron chi connectivity index (χ3n) is 2.02. The van der Waals surface area contributed by atoms with Gasteiger partial charge in [0.1, 0.15) is 5.75 Å². The second kappa shape index (κ2) is 5.02. The van der Waals surface area contributed by atoms with Gasteiger partial charge in [0, 0.05) is 12.4 Å². The molecule has 4 heteroatoms. The van der Waals surface area contributed by atoms with Crippen molar-refractivity contribution in [2.75, 3.05) is 7.11 Å². The number of pyridine rings is 1. The molecule has 1 heterocycles. The molecule has 0 atom stereocenters. The lowest BCUT2D eigenvalue weighted by Gasteiger charge is -1.98. The molecule has 0 N–H and O–H groups in total. The van der Waals surface area contributed by atoms with E-state index in [9.17, 15) is 0 Å². The third kappa shape index (κ3) is 2.63. The maximum absolute atomic E-state index is 5.05. The normalized spacial score (nSPS) is 10.6. The monoisotopic (exact) mass is 213 g/mol. The fraction of sp³-hybridized carbons (Fsp3) is 0.0833. The highest BCUT2D eigenvalue weighted by Crippen LogP contribution is 2.20. The number of nitrogens with zero attached hydrogens (tertiary/aromatic N) is 3. The zero-order valence-electron chi connectivity index (χ0n) is 8.87. The molecule has 0 radical (unpaired) electrons. The molecule has 0 aliphatic heterocycles. The van der Waals surface area contributed by atoms with Crippen LogP contribution in [0.15, 0.2) is 59.0 Å². The lowest BCUT2D eigenvalue weighted by Crippen LogP contribution is -1.79. The fourth-order valence-electron chi connectivity index (χ4n) is 1.18. The molecule has 0 bridgehead atoms. The van der Waals surface area contributed by atoms with Gasteiger partial charge >= 0.3 is 0 Å². The van der Waals surface area contributed by atoms with Crippen LogP contribution in [0.25, 0.3) is 0 Å². The van der Waals surface area contributed by atoms with Crippen molar-refractivity contribution >= 4 is 11.4 Å². The van der Waals surface area contributed by atoms with Gasteiger partial charge in [0.2, 0.25) is 0 Å². The van der Waals surface area contributed by atoms with Crippen LogP contribution in [0.1, 0.15) is 0 Å². The smallest absolute Gasteiger partial charge is 0.119 e. The van der Waals surface area contributed by atoms with Crippen LogP contribution < -0.4 is 4.74 Å². The maximum Gasteiger partial charge on any atom is 0.119 e. The van der Waals surface area contributed by atoms with Crippen LogP contribution in [0.4, 0.5) is 11.4 Å². The van der Waals surface area contributed by atoms with E-state index in [1.54, 1.807) is 31.6 Å². The number of methoxy groups -OCH3 is 1. The summed E-state index contributed by atoms with van der Waals surface area (Å²) in [6, 6.07) is 11.0. The summed E-state index contributed by atoms with van der Waals surface area (Å²) in [5.74, 6) is 0.808. The fourth-order valence-corrected chi connectivity index (χ4v) is 1.18. The first kappa shape index (κ1) is 10.3. The number of hydrogen-bond donors (Lipinski definition) is 0. The molecule has 2 rings (SSSR count). The number of hydrogen-bond acceptors (Lipinski definition) is 4. The second-order valence-corrected chi connectivity index (χ2v) is 3.10. The van der Waals surface area contributed by atoms with Crippen LogP contribution >= 0.6 is 0 Å². The van der Waals surface area contributed by atoms with Crippen LogP contribution in [0.2, 0.25) is 0 Å². The summed E-state index contributed by atoms with van der Waals surface area (Å²) < 4.78 is 5.05. The number of aromatic nitrogens is 1. The molecule has 0 amide bonds. The minimum Gasteiger partial charge on any atom is -0.497 e. The minimum atomic E-state index is 0.783. The summed E-state index contributed by atoms with van der Waals surface area (Å²) in [5.41, 5.74) is 1.57. The van der Waals surface area contributed by atoms with Crippen molar-refractivity contribution in [2.45, 2.75) is 0 Å². The Morgan fingerprint density at radius 1 is 0.875 bits per heavy atom. The molecular weight excluding hydrogens is 202 g/mol. The Morgan fingerprint density at radius 3 is 2.00 bits per heavy atom. The molecule has 0 unspecified atom stereocenters. The van der Waals surface area contributed by atoms with E-state index in [1.165, 1.54) is 0 Å². The van der Waals surface area contributed by atoms with E-state index >= 15 is 0 Å². The molecule has 4 nitrogen and oxygen atoms in total. The van der Waals surface area contributed by atoms with Gasteiger partial charge in [-0.05, 0) is 36.4 Å². The predicted octanol–water partition coefficient (Wildman–Crippen LogP) is 3.51. The largest absolute Gasteiger partial charge is 0.497 e. The van der Waals surface area contributed by atoms with Crippen molar-refractivity contribution in [3.8, 4) is 5.75 Å². The van der Waals surface area contributed by atoms with Crippen molar-refractivity contribution < 1.29 is 4.74 Å². The molecule has 80 valence electrons. The van der Waals surface area contributed by atoms with Gasteiger partial charge < -0.3 is 4.74 Å². The van der Waals surface area contributed by atoms with E-state index in [0.717, 1.165) is 17.1 Å². The van der Waals surface area contributed by atoms with Gasteiger partial charge in [-0.25, -0.2) is 0 Å². The predicted molar refractivity (Wildman–Crippen MR) is 61.4 cm³/mol. The molecule has 0 aliphatic rings. The van der Waals surface area contributed by atoms with Gasteiger partial charge in [0.15, 0.2) is 0 Å². The third-order valence-corrected chi connectivity index (χ3v) is 2.02. The number of ether oxygens (including phenoxy) is 1. The number of azo groups is 1. The first-order valence-corrected chi connectivity index (χ1v) is 4.84. The van der Waals surface area contributed by atoms with E-state index in [-0.39, 0.29) is 0 Å². The van der Waals surface area contributed by atoms with Gasteiger partial charge in [0.05, 0.1) is 18.5 Å². The topological polar surface area (TPSA) is 46.8 Å². The van der Waals surface area contributed by atoms with Crippen molar-refractivity contribution in [2.24, 2.45) is 10.2 Å². The van der Waals surface area contributed by atoms with Crippen LogP contribution in [-0.4, -0.2) is 12.1 Å². The SMILES string of the molecule is COc1ccc(N=Nc2ccncc2)cc1. The summed E-state index contributed by atoms with van der Waals surface area (Å²) in [7, 11) is 1.63. The molecule has 16 heavy (non-hydrogen) atoms. The van der Waals surface area contributed by atoms with Crippen molar-refractivity contribution in [3.63, 3.8) is 0 Å². The highest BCUT2D eigenvalue weighted by Gasteiger charge is 1.92. The van der Waals surface area contributed by atoms with E-state index in [1.807, 2.05) is 24.3 Å². The van der Waals surface area contributed by atoms with Crippen LogP contribution in [0.3, 0.4) is 0 Å².